The van der Waals surface area contributed by atoms with Crippen molar-refractivity contribution in [1.29, 1.82) is 0 Å². The minimum absolute atomic E-state index is 0.00173. The predicted molar refractivity (Wildman–Crippen MR) is 74.2 cm³/mol. The average Bonchev–Trinajstić information content (AvgIpc) is 2.86. The molecule has 6 nitrogen and oxygen atoms in total. The molecule has 21 heavy (non-hydrogen) atoms. The van der Waals surface area contributed by atoms with Crippen LogP contribution in [0.5, 0.6) is 0 Å². The fourth-order valence-electron chi connectivity index (χ4n) is 1.63. The second kappa shape index (κ2) is 6.00. The summed E-state index contributed by atoms with van der Waals surface area (Å²) in [5, 5.41) is 14.8. The standard InChI is InChI=1S/C14H12FN3O3/c1-18-7-6-12(17-18)14(21)16-11-4-2-9(8-10(11)15)3-5-13(19)20/h2-8H,1H3,(H,16,21)(H,19,20)/b5-3+. The van der Waals surface area contributed by atoms with Gasteiger partial charge in [0.2, 0.25) is 0 Å². The molecule has 1 amide bonds. The van der Waals surface area contributed by atoms with Crippen LogP contribution in [0, 0.1) is 5.82 Å². The Kier molecular flexibility index (Phi) is 4.13. The zero-order valence-corrected chi connectivity index (χ0v) is 11.1. The molecule has 0 saturated carbocycles. The van der Waals surface area contributed by atoms with Gasteiger partial charge in [0.1, 0.15) is 5.82 Å². The Balaban J connectivity index is 2.14. The van der Waals surface area contributed by atoms with Gasteiger partial charge < -0.3 is 10.4 Å². The number of halogens is 1. The third-order valence-corrected chi connectivity index (χ3v) is 2.61. The van der Waals surface area contributed by atoms with Crippen LogP contribution in [0.15, 0.2) is 36.5 Å². The maximum atomic E-state index is 13.8. The van der Waals surface area contributed by atoms with Gasteiger partial charge in [0.25, 0.3) is 5.91 Å². The summed E-state index contributed by atoms with van der Waals surface area (Å²) in [6.07, 6.45) is 3.77. The summed E-state index contributed by atoms with van der Waals surface area (Å²) in [5.41, 5.74) is 0.551. The maximum absolute atomic E-state index is 13.8. The second-order valence-electron chi connectivity index (χ2n) is 4.24. The van der Waals surface area contributed by atoms with Gasteiger partial charge >= 0.3 is 5.97 Å². The Bertz CT molecular complexity index is 722. The van der Waals surface area contributed by atoms with E-state index in [0.717, 1.165) is 12.1 Å². The van der Waals surface area contributed by atoms with Crippen LogP contribution in [0.4, 0.5) is 10.1 Å². The largest absolute Gasteiger partial charge is 0.478 e. The van der Waals surface area contributed by atoms with Gasteiger partial charge in [0.15, 0.2) is 5.69 Å². The summed E-state index contributed by atoms with van der Waals surface area (Å²) in [6, 6.07) is 5.50. The number of aryl methyl sites for hydroxylation is 1. The molecule has 2 aromatic rings. The van der Waals surface area contributed by atoms with Gasteiger partial charge in [0, 0.05) is 19.3 Å². The maximum Gasteiger partial charge on any atom is 0.328 e. The number of hydrogen-bond donors (Lipinski definition) is 2. The summed E-state index contributed by atoms with van der Waals surface area (Å²) in [7, 11) is 1.67. The normalized spacial score (nSPS) is 10.8. The molecule has 1 heterocycles. The van der Waals surface area contributed by atoms with Crippen LogP contribution in [0.25, 0.3) is 6.08 Å². The molecular formula is C14H12FN3O3. The number of carbonyl (C=O) groups is 2. The first-order chi connectivity index (χ1) is 9.95. The molecule has 0 radical (unpaired) electrons. The lowest BCUT2D eigenvalue weighted by molar-refractivity contribution is -0.131. The summed E-state index contributed by atoms with van der Waals surface area (Å²) in [4.78, 5) is 22.2. The van der Waals surface area contributed by atoms with Gasteiger partial charge in [-0.2, -0.15) is 5.10 Å². The molecular weight excluding hydrogens is 277 g/mol. The molecule has 0 saturated heterocycles. The average molecular weight is 289 g/mol. The molecule has 0 atom stereocenters. The Hall–Kier alpha value is -2.96. The lowest BCUT2D eigenvalue weighted by Gasteiger charge is -2.05. The number of nitrogens with zero attached hydrogens (tertiary/aromatic N) is 2. The first kappa shape index (κ1) is 14.4. The lowest BCUT2D eigenvalue weighted by Crippen LogP contribution is -2.14. The van der Waals surface area contributed by atoms with E-state index in [4.69, 9.17) is 5.11 Å². The Morgan fingerprint density at radius 2 is 2.14 bits per heavy atom. The first-order valence-corrected chi connectivity index (χ1v) is 5.97. The van der Waals surface area contributed by atoms with Crippen LogP contribution in [-0.4, -0.2) is 26.8 Å². The minimum atomic E-state index is -1.12. The van der Waals surface area contributed by atoms with Crippen LogP contribution in [0.3, 0.4) is 0 Å². The van der Waals surface area contributed by atoms with Crippen LogP contribution >= 0.6 is 0 Å². The van der Waals surface area contributed by atoms with Crippen molar-refractivity contribution in [2.75, 3.05) is 5.32 Å². The van der Waals surface area contributed by atoms with Crippen LogP contribution < -0.4 is 5.32 Å². The number of benzene rings is 1. The topological polar surface area (TPSA) is 84.2 Å². The van der Waals surface area contributed by atoms with E-state index in [2.05, 4.69) is 10.4 Å². The Morgan fingerprint density at radius 3 is 2.71 bits per heavy atom. The highest BCUT2D eigenvalue weighted by molar-refractivity contribution is 6.02. The van der Waals surface area contributed by atoms with Crippen molar-refractivity contribution in [1.82, 2.24) is 9.78 Å². The van der Waals surface area contributed by atoms with E-state index in [1.165, 1.54) is 29.0 Å². The predicted octanol–water partition coefficient (Wildman–Crippen LogP) is 1.91. The number of anilines is 1. The van der Waals surface area contributed by atoms with Gasteiger partial charge in [0.05, 0.1) is 5.69 Å². The highest BCUT2D eigenvalue weighted by Gasteiger charge is 2.11. The third kappa shape index (κ3) is 3.75. The van der Waals surface area contributed by atoms with E-state index < -0.39 is 17.7 Å². The summed E-state index contributed by atoms with van der Waals surface area (Å²) in [5.74, 6) is -2.31. The zero-order chi connectivity index (χ0) is 15.4. The van der Waals surface area contributed by atoms with Crippen molar-refractivity contribution in [2.45, 2.75) is 0 Å². The molecule has 0 aliphatic heterocycles. The number of amides is 1. The summed E-state index contributed by atoms with van der Waals surface area (Å²) in [6.45, 7) is 0. The number of nitrogens with one attached hydrogen (secondary N) is 1. The molecule has 0 fully saturated rings. The van der Waals surface area contributed by atoms with E-state index in [-0.39, 0.29) is 11.4 Å². The molecule has 0 spiro atoms. The second-order valence-corrected chi connectivity index (χ2v) is 4.24. The molecule has 7 heteroatoms. The number of carbonyl (C=O) groups excluding carboxylic acids is 1. The Morgan fingerprint density at radius 1 is 1.38 bits per heavy atom. The minimum Gasteiger partial charge on any atom is -0.478 e. The quantitative estimate of drug-likeness (QED) is 0.842. The van der Waals surface area contributed by atoms with Gasteiger partial charge in [-0.15, -0.1) is 0 Å². The zero-order valence-electron chi connectivity index (χ0n) is 11.1. The van der Waals surface area contributed by atoms with Gasteiger partial charge in [-0.1, -0.05) is 6.07 Å². The summed E-state index contributed by atoms with van der Waals surface area (Å²) < 4.78 is 15.3. The van der Waals surface area contributed by atoms with E-state index in [9.17, 15) is 14.0 Å². The highest BCUT2D eigenvalue weighted by atomic mass is 19.1. The number of aromatic nitrogens is 2. The van der Waals surface area contributed by atoms with Gasteiger partial charge in [-0.3, -0.25) is 9.48 Å². The molecule has 108 valence electrons. The molecule has 0 unspecified atom stereocenters. The molecule has 2 N–H and O–H groups in total. The number of carboxylic acid groups (broad SMARTS) is 1. The highest BCUT2D eigenvalue weighted by Crippen LogP contribution is 2.17. The van der Waals surface area contributed by atoms with E-state index in [0.29, 0.717) is 5.56 Å². The lowest BCUT2D eigenvalue weighted by atomic mass is 10.2. The van der Waals surface area contributed by atoms with Crippen LogP contribution in [0.1, 0.15) is 16.1 Å². The molecule has 1 aromatic carbocycles. The number of hydrogen-bond acceptors (Lipinski definition) is 3. The van der Waals surface area contributed by atoms with Crippen LogP contribution in [0.2, 0.25) is 0 Å². The molecule has 2 rings (SSSR count). The fraction of sp³-hybridized carbons (Fsp3) is 0.0714. The van der Waals surface area contributed by atoms with Crippen LogP contribution in [-0.2, 0) is 11.8 Å². The van der Waals surface area contributed by atoms with Crippen molar-refractivity contribution in [3.8, 4) is 0 Å². The fourth-order valence-corrected chi connectivity index (χ4v) is 1.63. The number of rotatable bonds is 4. The molecule has 1 aromatic heterocycles. The summed E-state index contributed by atoms with van der Waals surface area (Å²) >= 11 is 0. The molecule has 0 aliphatic rings. The monoisotopic (exact) mass is 289 g/mol. The first-order valence-electron chi connectivity index (χ1n) is 5.97. The van der Waals surface area contributed by atoms with E-state index >= 15 is 0 Å². The molecule has 0 bridgehead atoms. The molecule has 0 aliphatic carbocycles. The van der Waals surface area contributed by atoms with Gasteiger partial charge in [-0.05, 0) is 29.8 Å². The van der Waals surface area contributed by atoms with Crippen molar-refractivity contribution in [3.63, 3.8) is 0 Å². The van der Waals surface area contributed by atoms with Crippen molar-refractivity contribution < 1.29 is 19.1 Å². The van der Waals surface area contributed by atoms with E-state index in [1.54, 1.807) is 13.2 Å². The third-order valence-electron chi connectivity index (χ3n) is 2.61. The van der Waals surface area contributed by atoms with E-state index in [1.807, 2.05) is 0 Å². The SMILES string of the molecule is Cn1ccc(C(=O)Nc2ccc(/C=C/C(=O)O)cc2F)n1. The van der Waals surface area contributed by atoms with Crippen molar-refractivity contribution in [2.24, 2.45) is 7.05 Å². The smallest absolute Gasteiger partial charge is 0.328 e. The Labute approximate surface area is 119 Å². The van der Waals surface area contributed by atoms with Crippen molar-refractivity contribution >= 4 is 23.6 Å². The van der Waals surface area contributed by atoms with Crippen molar-refractivity contribution in [3.05, 3.63) is 53.6 Å². The van der Waals surface area contributed by atoms with Gasteiger partial charge in [-0.25, -0.2) is 9.18 Å². The number of aliphatic carboxylic acids is 1. The number of carboxylic acids is 1.